The lowest BCUT2D eigenvalue weighted by molar-refractivity contribution is -0.121. The van der Waals surface area contributed by atoms with Gasteiger partial charge in [0.1, 0.15) is 0 Å². The third kappa shape index (κ3) is 2.82. The summed E-state index contributed by atoms with van der Waals surface area (Å²) in [5.74, 6) is -0.0164. The zero-order valence-electron chi connectivity index (χ0n) is 11.4. The Balaban J connectivity index is 1.70. The first-order valence-electron chi connectivity index (χ1n) is 7.11. The fraction of sp³-hybridized carbons (Fsp3) is 0.467. The summed E-state index contributed by atoms with van der Waals surface area (Å²) in [5.41, 5.74) is 5.70. The molecule has 0 bridgehead atoms. The van der Waals surface area contributed by atoms with E-state index in [9.17, 15) is 9.90 Å². The predicted octanol–water partition coefficient (Wildman–Crippen LogP) is 1.26. The van der Waals surface area contributed by atoms with Crippen LogP contribution < -0.4 is 10.3 Å². The molecular formula is C15H19N3O2. The number of aliphatic hydroxyl groups is 1. The molecule has 106 valence electrons. The van der Waals surface area contributed by atoms with Gasteiger partial charge < -0.3 is 10.0 Å². The Hall–Kier alpha value is -1.88. The number of aliphatic hydroxyl groups excluding tert-OH is 1. The second-order valence-electron chi connectivity index (χ2n) is 5.36. The molecule has 20 heavy (non-hydrogen) atoms. The number of anilines is 1. The Morgan fingerprint density at radius 2 is 1.85 bits per heavy atom. The number of benzene rings is 1. The number of hydrogen-bond donors (Lipinski definition) is 2. The largest absolute Gasteiger partial charge is 0.393 e. The highest BCUT2D eigenvalue weighted by Crippen LogP contribution is 2.21. The summed E-state index contributed by atoms with van der Waals surface area (Å²) in [4.78, 5) is 13.4. The molecule has 0 spiro atoms. The molecule has 2 N–H and O–H groups in total. The van der Waals surface area contributed by atoms with Gasteiger partial charge in [0, 0.05) is 31.6 Å². The summed E-state index contributed by atoms with van der Waals surface area (Å²) in [6.07, 6.45) is 2.72. The van der Waals surface area contributed by atoms with Gasteiger partial charge in [-0.15, -0.1) is 0 Å². The van der Waals surface area contributed by atoms with Crippen LogP contribution in [0.1, 0.15) is 31.2 Å². The van der Waals surface area contributed by atoms with Crippen molar-refractivity contribution in [3.05, 3.63) is 29.8 Å². The average Bonchev–Trinajstić information content (AvgIpc) is 2.49. The van der Waals surface area contributed by atoms with Crippen LogP contribution in [-0.2, 0) is 4.79 Å². The summed E-state index contributed by atoms with van der Waals surface area (Å²) in [5, 5.41) is 13.6. The van der Waals surface area contributed by atoms with Crippen LogP contribution in [0.2, 0.25) is 0 Å². The number of piperidine rings is 1. The standard InChI is InChI=1S/C15H19N3O2/c19-13-7-9-18(10-8-13)12-3-1-11(2-4-12)14-5-6-15(20)17-16-14/h1-4,13,19H,5-10H2,(H,17,20). The van der Waals surface area contributed by atoms with Crippen LogP contribution in [0.5, 0.6) is 0 Å². The van der Waals surface area contributed by atoms with Crippen molar-refractivity contribution in [1.29, 1.82) is 0 Å². The maximum Gasteiger partial charge on any atom is 0.240 e. The Bertz CT molecular complexity index is 516. The van der Waals surface area contributed by atoms with Gasteiger partial charge in [0.2, 0.25) is 5.91 Å². The van der Waals surface area contributed by atoms with Crippen molar-refractivity contribution in [3.63, 3.8) is 0 Å². The molecule has 1 aromatic rings. The van der Waals surface area contributed by atoms with Gasteiger partial charge in [0.25, 0.3) is 0 Å². The van der Waals surface area contributed by atoms with Crippen molar-refractivity contribution in [2.75, 3.05) is 18.0 Å². The molecule has 0 atom stereocenters. The van der Waals surface area contributed by atoms with E-state index in [1.165, 1.54) is 5.69 Å². The average molecular weight is 273 g/mol. The SMILES string of the molecule is O=C1CCC(c2ccc(N3CCC(O)CC3)cc2)=NN1. The number of amides is 1. The molecule has 0 saturated carbocycles. The fourth-order valence-electron chi connectivity index (χ4n) is 2.67. The Kier molecular flexibility index (Phi) is 3.69. The Labute approximate surface area is 118 Å². The first-order chi connectivity index (χ1) is 9.72. The number of nitrogens with zero attached hydrogens (tertiary/aromatic N) is 2. The van der Waals surface area contributed by atoms with Gasteiger partial charge >= 0.3 is 0 Å². The van der Waals surface area contributed by atoms with E-state index in [0.29, 0.717) is 12.8 Å². The lowest BCUT2D eigenvalue weighted by Crippen LogP contribution is -2.35. The van der Waals surface area contributed by atoms with Gasteiger partial charge in [0.15, 0.2) is 0 Å². The van der Waals surface area contributed by atoms with E-state index in [0.717, 1.165) is 37.2 Å². The van der Waals surface area contributed by atoms with Crippen LogP contribution in [-0.4, -0.2) is 35.9 Å². The number of nitrogens with one attached hydrogen (secondary N) is 1. The number of rotatable bonds is 2. The highest BCUT2D eigenvalue weighted by molar-refractivity contribution is 6.04. The maximum absolute atomic E-state index is 11.1. The molecule has 5 heteroatoms. The quantitative estimate of drug-likeness (QED) is 0.852. The molecule has 0 aliphatic carbocycles. The monoisotopic (exact) mass is 273 g/mol. The molecule has 1 fully saturated rings. The normalized spacial score (nSPS) is 20.6. The first-order valence-corrected chi connectivity index (χ1v) is 7.11. The van der Waals surface area contributed by atoms with E-state index < -0.39 is 0 Å². The van der Waals surface area contributed by atoms with Crippen molar-refractivity contribution < 1.29 is 9.90 Å². The summed E-state index contributed by atoms with van der Waals surface area (Å²) >= 11 is 0. The molecule has 1 amide bonds. The molecule has 1 aromatic carbocycles. The summed E-state index contributed by atoms with van der Waals surface area (Å²) < 4.78 is 0. The Morgan fingerprint density at radius 3 is 2.45 bits per heavy atom. The third-order valence-electron chi connectivity index (χ3n) is 3.93. The predicted molar refractivity (Wildman–Crippen MR) is 77.8 cm³/mol. The van der Waals surface area contributed by atoms with E-state index in [-0.39, 0.29) is 12.0 Å². The van der Waals surface area contributed by atoms with Gasteiger partial charge in [-0.3, -0.25) is 4.79 Å². The summed E-state index contributed by atoms with van der Waals surface area (Å²) in [6, 6.07) is 8.28. The zero-order chi connectivity index (χ0) is 13.9. The Morgan fingerprint density at radius 1 is 1.15 bits per heavy atom. The molecule has 0 unspecified atom stereocenters. The maximum atomic E-state index is 11.1. The van der Waals surface area contributed by atoms with Crippen LogP contribution in [0.15, 0.2) is 29.4 Å². The van der Waals surface area contributed by atoms with E-state index in [1.807, 2.05) is 0 Å². The highest BCUT2D eigenvalue weighted by Gasteiger charge is 2.18. The summed E-state index contributed by atoms with van der Waals surface area (Å²) in [6.45, 7) is 1.80. The van der Waals surface area contributed by atoms with E-state index in [1.54, 1.807) is 0 Å². The molecule has 0 aromatic heterocycles. The minimum Gasteiger partial charge on any atom is -0.393 e. The van der Waals surface area contributed by atoms with Gasteiger partial charge in [-0.2, -0.15) is 5.10 Å². The van der Waals surface area contributed by atoms with Crippen LogP contribution in [0.3, 0.4) is 0 Å². The van der Waals surface area contributed by atoms with Gasteiger partial charge in [-0.05, 0) is 30.5 Å². The summed E-state index contributed by atoms with van der Waals surface area (Å²) in [7, 11) is 0. The zero-order valence-corrected chi connectivity index (χ0v) is 11.4. The lowest BCUT2D eigenvalue weighted by Gasteiger charge is -2.31. The number of hydrogen-bond acceptors (Lipinski definition) is 4. The molecule has 2 aliphatic heterocycles. The van der Waals surface area contributed by atoms with Crippen LogP contribution >= 0.6 is 0 Å². The highest BCUT2D eigenvalue weighted by atomic mass is 16.3. The minimum atomic E-state index is -0.147. The van der Waals surface area contributed by atoms with Crippen molar-refractivity contribution in [2.24, 2.45) is 5.10 Å². The smallest absolute Gasteiger partial charge is 0.240 e. The minimum absolute atomic E-state index is 0.0164. The van der Waals surface area contributed by atoms with Gasteiger partial charge in [-0.25, -0.2) is 5.43 Å². The van der Waals surface area contributed by atoms with E-state index in [4.69, 9.17) is 0 Å². The number of hydrazone groups is 1. The molecular weight excluding hydrogens is 254 g/mol. The van der Waals surface area contributed by atoms with Gasteiger partial charge in [-0.1, -0.05) is 12.1 Å². The van der Waals surface area contributed by atoms with Gasteiger partial charge in [0.05, 0.1) is 11.8 Å². The van der Waals surface area contributed by atoms with Crippen molar-refractivity contribution >= 4 is 17.3 Å². The second-order valence-corrected chi connectivity index (χ2v) is 5.36. The number of carbonyl (C=O) groups is 1. The van der Waals surface area contributed by atoms with Crippen LogP contribution in [0, 0.1) is 0 Å². The van der Waals surface area contributed by atoms with Crippen molar-refractivity contribution in [2.45, 2.75) is 31.8 Å². The molecule has 2 heterocycles. The second kappa shape index (κ2) is 5.63. The molecule has 3 rings (SSSR count). The third-order valence-corrected chi connectivity index (χ3v) is 3.93. The molecule has 2 aliphatic rings. The first kappa shape index (κ1) is 13.1. The fourth-order valence-corrected chi connectivity index (χ4v) is 2.67. The molecule has 0 radical (unpaired) electrons. The lowest BCUT2D eigenvalue weighted by atomic mass is 10.0. The molecule has 5 nitrogen and oxygen atoms in total. The number of carbonyl (C=O) groups excluding carboxylic acids is 1. The van der Waals surface area contributed by atoms with E-state index >= 15 is 0 Å². The molecule has 1 saturated heterocycles. The van der Waals surface area contributed by atoms with Crippen molar-refractivity contribution in [3.8, 4) is 0 Å². The topological polar surface area (TPSA) is 64.9 Å². The van der Waals surface area contributed by atoms with E-state index in [2.05, 4.69) is 39.7 Å². The van der Waals surface area contributed by atoms with Crippen molar-refractivity contribution in [1.82, 2.24) is 5.43 Å². The van der Waals surface area contributed by atoms with Crippen LogP contribution in [0.4, 0.5) is 5.69 Å². The van der Waals surface area contributed by atoms with Crippen LogP contribution in [0.25, 0.3) is 0 Å².